The number of nitrogens with one attached hydrogen (secondary N) is 1. The van der Waals surface area contributed by atoms with Gasteiger partial charge in [-0.05, 0) is 30.2 Å². The molecule has 1 amide bonds. The van der Waals surface area contributed by atoms with Crippen molar-refractivity contribution in [2.24, 2.45) is 5.10 Å². The second-order valence-corrected chi connectivity index (χ2v) is 6.39. The molecule has 0 saturated heterocycles. The lowest BCUT2D eigenvalue weighted by molar-refractivity contribution is -0.385. The van der Waals surface area contributed by atoms with E-state index in [1.54, 1.807) is 6.07 Å². The van der Waals surface area contributed by atoms with Gasteiger partial charge in [-0.3, -0.25) is 14.9 Å². The molecule has 0 aliphatic carbocycles. The van der Waals surface area contributed by atoms with Crippen LogP contribution < -0.4 is 10.2 Å². The van der Waals surface area contributed by atoms with Crippen molar-refractivity contribution in [1.29, 1.82) is 0 Å². The summed E-state index contributed by atoms with van der Waals surface area (Å²) >= 11 is 1.49. The maximum absolute atomic E-state index is 11.8. The quantitative estimate of drug-likeness (QED) is 0.435. The fourth-order valence-electron chi connectivity index (χ4n) is 2.17. The van der Waals surface area contributed by atoms with Crippen molar-refractivity contribution in [3.63, 3.8) is 0 Å². The topological polar surface area (TPSA) is 93.8 Å². The Morgan fingerprint density at radius 3 is 2.81 bits per heavy atom. The maximum atomic E-state index is 11.8. The van der Waals surface area contributed by atoms with Crippen LogP contribution in [0, 0.1) is 17.0 Å². The minimum absolute atomic E-state index is 0.156. The molecular weight excluding hydrogens is 354 g/mol. The van der Waals surface area contributed by atoms with Gasteiger partial charge in [-0.2, -0.15) is 5.10 Å². The molecule has 0 bridgehead atoms. The Morgan fingerprint density at radius 2 is 2.12 bits per heavy atom. The monoisotopic (exact) mass is 373 g/mol. The number of thioether (sulfide) groups is 1. The molecule has 0 aromatic heterocycles. The number of carbonyl (C=O) groups is 1. The molecule has 0 radical (unpaired) electrons. The number of nitrogens with zero attached hydrogens (tertiary/aromatic N) is 2. The minimum Gasteiger partial charge on any atom is -0.490 e. The fraction of sp³-hybridized carbons (Fsp3) is 0.222. The Morgan fingerprint density at radius 1 is 1.35 bits per heavy atom. The summed E-state index contributed by atoms with van der Waals surface area (Å²) in [6.07, 6.45) is 1.36. The zero-order valence-corrected chi connectivity index (χ0v) is 15.3. The predicted octanol–water partition coefficient (Wildman–Crippen LogP) is 3.30. The molecule has 26 heavy (non-hydrogen) atoms. The van der Waals surface area contributed by atoms with Gasteiger partial charge in [-0.25, -0.2) is 5.43 Å². The van der Waals surface area contributed by atoms with Gasteiger partial charge in [0.1, 0.15) is 0 Å². The second-order valence-electron chi connectivity index (χ2n) is 5.40. The van der Waals surface area contributed by atoms with Crippen molar-refractivity contribution in [3.05, 3.63) is 69.3 Å². The number of hydrogen-bond donors (Lipinski definition) is 1. The van der Waals surface area contributed by atoms with E-state index in [0.29, 0.717) is 5.56 Å². The molecule has 0 aliphatic heterocycles. The minimum atomic E-state index is -0.531. The van der Waals surface area contributed by atoms with E-state index < -0.39 is 4.92 Å². The Bertz CT molecular complexity index is 824. The molecule has 2 aromatic rings. The highest BCUT2D eigenvalue weighted by Gasteiger charge is 2.14. The number of ether oxygens (including phenoxy) is 1. The number of methoxy groups -OCH3 is 1. The average Bonchev–Trinajstić information content (AvgIpc) is 2.63. The van der Waals surface area contributed by atoms with Crippen LogP contribution in [0.5, 0.6) is 5.75 Å². The molecule has 0 fully saturated rings. The van der Waals surface area contributed by atoms with Gasteiger partial charge in [0.05, 0.1) is 24.0 Å². The average molecular weight is 373 g/mol. The van der Waals surface area contributed by atoms with Crippen molar-refractivity contribution < 1.29 is 14.5 Å². The first-order valence-corrected chi connectivity index (χ1v) is 8.93. The predicted molar refractivity (Wildman–Crippen MR) is 103 cm³/mol. The largest absolute Gasteiger partial charge is 0.490 e. The zero-order chi connectivity index (χ0) is 18.9. The highest BCUT2D eigenvalue weighted by atomic mass is 32.2. The van der Waals surface area contributed by atoms with Crippen LogP contribution in [0.3, 0.4) is 0 Å². The molecular formula is C18H19N3O4S. The number of hydrazone groups is 1. The third kappa shape index (κ3) is 5.59. The van der Waals surface area contributed by atoms with Crippen molar-refractivity contribution in [3.8, 4) is 5.75 Å². The summed E-state index contributed by atoms with van der Waals surface area (Å²) in [5.74, 6) is 0.953. The number of aryl methyl sites for hydroxylation is 1. The summed E-state index contributed by atoms with van der Waals surface area (Å²) < 4.78 is 4.93. The summed E-state index contributed by atoms with van der Waals surface area (Å²) in [4.78, 5) is 22.3. The van der Waals surface area contributed by atoms with Crippen molar-refractivity contribution in [2.75, 3.05) is 12.9 Å². The van der Waals surface area contributed by atoms with Gasteiger partial charge in [0.2, 0.25) is 5.91 Å². The molecule has 0 heterocycles. The molecule has 8 heteroatoms. The molecule has 0 saturated carbocycles. The lowest BCUT2D eigenvalue weighted by atomic mass is 10.1. The normalized spacial score (nSPS) is 10.7. The Hall–Kier alpha value is -2.87. The summed E-state index contributed by atoms with van der Waals surface area (Å²) in [5.41, 5.74) is 5.14. The van der Waals surface area contributed by atoms with E-state index in [4.69, 9.17) is 4.74 Å². The van der Waals surface area contributed by atoms with E-state index in [2.05, 4.69) is 10.5 Å². The molecule has 136 valence electrons. The lowest BCUT2D eigenvalue weighted by Gasteiger charge is -2.04. The third-order valence-electron chi connectivity index (χ3n) is 3.55. The van der Waals surface area contributed by atoms with E-state index in [9.17, 15) is 14.9 Å². The van der Waals surface area contributed by atoms with Gasteiger partial charge in [-0.15, -0.1) is 11.8 Å². The second kappa shape index (κ2) is 9.57. The number of nitro groups is 1. The number of amides is 1. The number of rotatable bonds is 8. The number of carbonyl (C=O) groups excluding carboxylic acids is 1. The van der Waals surface area contributed by atoms with Gasteiger partial charge < -0.3 is 4.74 Å². The summed E-state index contributed by atoms with van der Waals surface area (Å²) in [6.45, 7) is 2.04. The first kappa shape index (κ1) is 19.5. The highest BCUT2D eigenvalue weighted by Crippen LogP contribution is 2.26. The van der Waals surface area contributed by atoms with E-state index in [-0.39, 0.29) is 23.1 Å². The van der Waals surface area contributed by atoms with E-state index in [0.717, 1.165) is 5.75 Å². The fourth-order valence-corrected chi connectivity index (χ4v) is 3.06. The van der Waals surface area contributed by atoms with Gasteiger partial charge in [-0.1, -0.05) is 24.3 Å². The molecule has 0 atom stereocenters. The van der Waals surface area contributed by atoms with Crippen molar-refractivity contribution >= 4 is 29.6 Å². The van der Waals surface area contributed by atoms with Crippen LogP contribution in [-0.4, -0.2) is 29.9 Å². The Labute approximate surface area is 155 Å². The number of nitro benzene ring substituents is 1. The molecule has 0 spiro atoms. The van der Waals surface area contributed by atoms with Crippen LogP contribution in [0.25, 0.3) is 0 Å². The number of benzene rings is 2. The Kier molecular flexibility index (Phi) is 7.16. The standard InChI is InChI=1S/C18H19N3O4S/c1-13-5-3-4-6-15(13)11-26-12-18(22)20-19-10-14-7-8-17(25-2)16(9-14)21(23)24/h3-10H,11-12H2,1-2H3,(H,20,22)/b19-10-. The van der Waals surface area contributed by atoms with E-state index >= 15 is 0 Å². The van der Waals surface area contributed by atoms with Crippen LogP contribution in [-0.2, 0) is 10.5 Å². The van der Waals surface area contributed by atoms with Crippen molar-refractivity contribution in [1.82, 2.24) is 5.43 Å². The SMILES string of the molecule is COc1ccc(/C=N\NC(=O)CSCc2ccccc2C)cc1[N+](=O)[O-]. The lowest BCUT2D eigenvalue weighted by Crippen LogP contribution is -2.19. The van der Waals surface area contributed by atoms with Gasteiger partial charge in [0, 0.05) is 17.4 Å². The molecule has 2 rings (SSSR count). The zero-order valence-electron chi connectivity index (χ0n) is 14.5. The third-order valence-corrected chi connectivity index (χ3v) is 4.54. The van der Waals surface area contributed by atoms with Gasteiger partial charge in [0.25, 0.3) is 0 Å². The number of hydrogen-bond acceptors (Lipinski definition) is 6. The van der Waals surface area contributed by atoms with Crippen molar-refractivity contribution in [2.45, 2.75) is 12.7 Å². The molecule has 2 aromatic carbocycles. The van der Waals surface area contributed by atoms with Crippen LogP contribution in [0.2, 0.25) is 0 Å². The van der Waals surface area contributed by atoms with E-state index in [1.807, 2.05) is 31.2 Å². The summed E-state index contributed by atoms with van der Waals surface area (Å²) in [5, 5.41) is 14.8. The van der Waals surface area contributed by atoms with Gasteiger partial charge >= 0.3 is 5.69 Å². The first-order chi connectivity index (χ1) is 12.5. The summed E-state index contributed by atoms with van der Waals surface area (Å²) in [6, 6.07) is 12.5. The molecule has 0 aliphatic rings. The smallest absolute Gasteiger partial charge is 0.311 e. The molecule has 7 nitrogen and oxygen atoms in total. The first-order valence-electron chi connectivity index (χ1n) is 7.78. The van der Waals surface area contributed by atoms with Crippen LogP contribution in [0.15, 0.2) is 47.6 Å². The van der Waals surface area contributed by atoms with Crippen LogP contribution >= 0.6 is 11.8 Å². The summed E-state index contributed by atoms with van der Waals surface area (Å²) in [7, 11) is 1.37. The van der Waals surface area contributed by atoms with E-state index in [1.165, 1.54) is 48.3 Å². The molecule has 0 unspecified atom stereocenters. The molecule has 1 N–H and O–H groups in total. The Balaban J connectivity index is 1.84. The van der Waals surface area contributed by atoms with Crippen LogP contribution in [0.1, 0.15) is 16.7 Å². The van der Waals surface area contributed by atoms with Crippen LogP contribution in [0.4, 0.5) is 5.69 Å². The maximum Gasteiger partial charge on any atom is 0.311 e. The highest BCUT2D eigenvalue weighted by molar-refractivity contribution is 7.99. The van der Waals surface area contributed by atoms with Gasteiger partial charge in [0.15, 0.2) is 5.75 Å².